The summed E-state index contributed by atoms with van der Waals surface area (Å²) < 4.78 is 13.3. The first-order chi connectivity index (χ1) is 8.97. The minimum Gasteiger partial charge on any atom is -0.480 e. The lowest BCUT2D eigenvalue weighted by Gasteiger charge is -2.13. The summed E-state index contributed by atoms with van der Waals surface area (Å²) in [7, 11) is 0. The second-order valence-corrected chi connectivity index (χ2v) is 5.50. The SMILES string of the molecule is O=C(Cc1ccc(F)c(Br)c1)NC(C(=O)O)C1CC1. The summed E-state index contributed by atoms with van der Waals surface area (Å²) in [4.78, 5) is 22.8. The van der Waals surface area contributed by atoms with E-state index in [1.54, 1.807) is 0 Å². The fourth-order valence-electron chi connectivity index (χ4n) is 1.87. The van der Waals surface area contributed by atoms with Crippen molar-refractivity contribution >= 4 is 27.8 Å². The lowest BCUT2D eigenvalue weighted by molar-refractivity contribution is -0.142. The molecule has 0 bridgehead atoms. The topological polar surface area (TPSA) is 66.4 Å². The summed E-state index contributed by atoms with van der Waals surface area (Å²) in [6.45, 7) is 0. The Morgan fingerprint density at radius 2 is 2.16 bits per heavy atom. The summed E-state index contributed by atoms with van der Waals surface area (Å²) in [5.41, 5.74) is 0.630. The predicted molar refractivity (Wildman–Crippen MR) is 70.1 cm³/mol. The quantitative estimate of drug-likeness (QED) is 0.869. The molecular weight excluding hydrogens is 317 g/mol. The first kappa shape index (κ1) is 14.0. The number of halogens is 2. The van der Waals surface area contributed by atoms with Crippen molar-refractivity contribution in [3.05, 3.63) is 34.1 Å². The van der Waals surface area contributed by atoms with Crippen LogP contribution in [0.3, 0.4) is 0 Å². The van der Waals surface area contributed by atoms with Gasteiger partial charge in [0.1, 0.15) is 11.9 Å². The summed E-state index contributed by atoms with van der Waals surface area (Å²) in [6, 6.07) is 3.48. The van der Waals surface area contributed by atoms with E-state index in [4.69, 9.17) is 5.11 Å². The molecule has 1 fully saturated rings. The van der Waals surface area contributed by atoms with E-state index in [1.165, 1.54) is 18.2 Å². The van der Waals surface area contributed by atoms with Crippen molar-refractivity contribution in [2.75, 3.05) is 0 Å². The number of carbonyl (C=O) groups is 2. The van der Waals surface area contributed by atoms with Gasteiger partial charge in [-0.15, -0.1) is 0 Å². The maximum Gasteiger partial charge on any atom is 0.326 e. The fourth-order valence-corrected chi connectivity index (χ4v) is 2.30. The number of rotatable bonds is 5. The van der Waals surface area contributed by atoms with E-state index in [0.717, 1.165) is 12.8 Å². The molecule has 2 N–H and O–H groups in total. The number of hydrogen-bond acceptors (Lipinski definition) is 2. The Kier molecular flexibility index (Phi) is 4.19. The van der Waals surface area contributed by atoms with Crippen LogP contribution < -0.4 is 5.32 Å². The number of nitrogens with one attached hydrogen (secondary N) is 1. The number of carboxylic acids is 1. The zero-order chi connectivity index (χ0) is 14.0. The molecule has 0 aliphatic heterocycles. The molecule has 1 aromatic rings. The average Bonchev–Trinajstić information content (AvgIpc) is 3.14. The van der Waals surface area contributed by atoms with Crippen LogP contribution in [0.1, 0.15) is 18.4 Å². The van der Waals surface area contributed by atoms with Gasteiger partial charge in [0.05, 0.1) is 10.9 Å². The number of hydrogen-bond donors (Lipinski definition) is 2. The minimum absolute atomic E-state index is 0.0371. The normalized spacial score (nSPS) is 15.9. The van der Waals surface area contributed by atoms with Gasteiger partial charge in [0.25, 0.3) is 0 Å². The molecule has 19 heavy (non-hydrogen) atoms. The fraction of sp³-hybridized carbons (Fsp3) is 0.385. The van der Waals surface area contributed by atoms with E-state index < -0.39 is 17.8 Å². The molecule has 0 aromatic heterocycles. The first-order valence-electron chi connectivity index (χ1n) is 5.93. The molecular formula is C13H13BrFNO3. The third-order valence-corrected chi connectivity index (χ3v) is 3.63. The highest BCUT2D eigenvalue weighted by molar-refractivity contribution is 9.10. The molecule has 4 nitrogen and oxygen atoms in total. The average molecular weight is 330 g/mol. The molecule has 1 aliphatic carbocycles. The molecule has 1 aliphatic rings. The highest BCUT2D eigenvalue weighted by Gasteiger charge is 2.37. The minimum atomic E-state index is -1.00. The number of benzene rings is 1. The zero-order valence-electron chi connectivity index (χ0n) is 10.0. The van der Waals surface area contributed by atoms with E-state index >= 15 is 0 Å². The van der Waals surface area contributed by atoms with Crippen LogP contribution in [-0.4, -0.2) is 23.0 Å². The van der Waals surface area contributed by atoms with Crippen LogP contribution in [0.2, 0.25) is 0 Å². The van der Waals surface area contributed by atoms with Gasteiger partial charge in [-0.2, -0.15) is 0 Å². The molecule has 1 amide bonds. The van der Waals surface area contributed by atoms with Crippen LogP contribution in [0.4, 0.5) is 4.39 Å². The summed E-state index contributed by atoms with van der Waals surface area (Å²) >= 11 is 3.04. The van der Waals surface area contributed by atoms with Gasteiger partial charge in [-0.25, -0.2) is 9.18 Å². The second kappa shape index (κ2) is 5.69. The maximum absolute atomic E-state index is 13.0. The van der Waals surface area contributed by atoms with Crippen LogP contribution in [0.25, 0.3) is 0 Å². The maximum atomic E-state index is 13.0. The monoisotopic (exact) mass is 329 g/mol. The number of carbonyl (C=O) groups excluding carboxylic acids is 1. The van der Waals surface area contributed by atoms with Crippen LogP contribution in [0.5, 0.6) is 0 Å². The molecule has 1 atom stereocenters. The van der Waals surface area contributed by atoms with Crippen molar-refractivity contribution in [3.8, 4) is 0 Å². The Balaban J connectivity index is 1.96. The molecule has 0 saturated heterocycles. The molecule has 6 heteroatoms. The van der Waals surface area contributed by atoms with Gasteiger partial charge in [0, 0.05) is 0 Å². The second-order valence-electron chi connectivity index (χ2n) is 4.65. The smallest absolute Gasteiger partial charge is 0.326 e. The molecule has 1 aromatic carbocycles. The molecule has 1 saturated carbocycles. The van der Waals surface area contributed by atoms with Crippen LogP contribution in [0, 0.1) is 11.7 Å². The molecule has 1 unspecified atom stereocenters. The Labute approximate surface area is 118 Å². The highest BCUT2D eigenvalue weighted by atomic mass is 79.9. The summed E-state index contributed by atoms with van der Waals surface area (Å²) in [5.74, 6) is -1.72. The van der Waals surface area contributed by atoms with Gasteiger partial charge < -0.3 is 10.4 Å². The van der Waals surface area contributed by atoms with Crippen molar-refractivity contribution in [1.29, 1.82) is 0 Å². The van der Waals surface area contributed by atoms with Gasteiger partial charge in [0.15, 0.2) is 0 Å². The lowest BCUT2D eigenvalue weighted by atomic mass is 10.1. The van der Waals surface area contributed by atoms with Crippen molar-refractivity contribution < 1.29 is 19.1 Å². The number of amides is 1. The number of carboxylic acid groups (broad SMARTS) is 1. The van der Waals surface area contributed by atoms with Crippen LogP contribution >= 0.6 is 15.9 Å². The van der Waals surface area contributed by atoms with Gasteiger partial charge in [-0.05, 0) is 52.4 Å². The third-order valence-electron chi connectivity index (χ3n) is 3.02. The predicted octanol–water partition coefficient (Wildman–Crippen LogP) is 2.11. The van der Waals surface area contributed by atoms with E-state index in [0.29, 0.717) is 5.56 Å². The lowest BCUT2D eigenvalue weighted by Crippen LogP contribution is -2.43. The Hall–Kier alpha value is -1.43. The summed E-state index contributed by atoms with van der Waals surface area (Å²) in [6.07, 6.45) is 1.70. The molecule has 0 radical (unpaired) electrons. The van der Waals surface area contributed by atoms with Gasteiger partial charge >= 0.3 is 5.97 Å². The van der Waals surface area contributed by atoms with Crippen molar-refractivity contribution in [2.24, 2.45) is 5.92 Å². The Morgan fingerprint density at radius 1 is 1.47 bits per heavy atom. The van der Waals surface area contributed by atoms with E-state index in [9.17, 15) is 14.0 Å². The molecule has 2 rings (SSSR count). The first-order valence-corrected chi connectivity index (χ1v) is 6.73. The third kappa shape index (κ3) is 3.76. The van der Waals surface area contributed by atoms with Crippen molar-refractivity contribution in [2.45, 2.75) is 25.3 Å². The van der Waals surface area contributed by atoms with Gasteiger partial charge in [0.2, 0.25) is 5.91 Å². The van der Waals surface area contributed by atoms with Crippen LogP contribution in [-0.2, 0) is 16.0 Å². The van der Waals surface area contributed by atoms with Gasteiger partial charge in [-0.3, -0.25) is 4.79 Å². The van der Waals surface area contributed by atoms with Gasteiger partial charge in [-0.1, -0.05) is 6.07 Å². The molecule has 0 spiro atoms. The highest BCUT2D eigenvalue weighted by Crippen LogP contribution is 2.32. The van der Waals surface area contributed by atoms with Crippen molar-refractivity contribution in [3.63, 3.8) is 0 Å². The van der Waals surface area contributed by atoms with Crippen LogP contribution in [0.15, 0.2) is 22.7 Å². The standard InChI is InChI=1S/C13H13BrFNO3/c14-9-5-7(1-4-10(9)15)6-11(17)16-12(13(18)19)8-2-3-8/h1,4-5,8,12H,2-3,6H2,(H,16,17)(H,18,19). The van der Waals surface area contributed by atoms with E-state index in [2.05, 4.69) is 21.2 Å². The van der Waals surface area contributed by atoms with E-state index in [-0.39, 0.29) is 22.7 Å². The van der Waals surface area contributed by atoms with Crippen molar-refractivity contribution in [1.82, 2.24) is 5.32 Å². The zero-order valence-corrected chi connectivity index (χ0v) is 11.6. The Morgan fingerprint density at radius 3 is 2.68 bits per heavy atom. The molecule has 0 heterocycles. The summed E-state index contributed by atoms with van der Waals surface area (Å²) in [5, 5.41) is 11.5. The Bertz CT molecular complexity index is 517. The largest absolute Gasteiger partial charge is 0.480 e. The van der Waals surface area contributed by atoms with E-state index in [1.807, 2.05) is 0 Å². The number of aliphatic carboxylic acids is 1. The molecule has 102 valence electrons.